The molecule has 1 aliphatic rings. The lowest BCUT2D eigenvalue weighted by Crippen LogP contribution is -2.29. The number of hydrogen-bond donors (Lipinski definition) is 2. The minimum absolute atomic E-state index is 0.142. The number of fused-ring (bicyclic) bond motifs is 3. The first-order valence-electron chi connectivity index (χ1n) is 8.86. The van der Waals surface area contributed by atoms with E-state index in [0.717, 1.165) is 41.0 Å². The zero-order valence-electron chi connectivity index (χ0n) is 15.3. The van der Waals surface area contributed by atoms with Gasteiger partial charge in [-0.3, -0.25) is 9.52 Å². The summed E-state index contributed by atoms with van der Waals surface area (Å²) in [6.45, 7) is 0. The van der Waals surface area contributed by atoms with Crippen molar-refractivity contribution < 1.29 is 26.4 Å². The second-order valence-electron chi connectivity index (χ2n) is 6.79. The highest BCUT2D eigenvalue weighted by Crippen LogP contribution is 2.37. The van der Waals surface area contributed by atoms with Crippen LogP contribution < -0.4 is 10.0 Å². The molecule has 0 unspecified atom stereocenters. The largest absolute Gasteiger partial charge is 0.471 e. The van der Waals surface area contributed by atoms with Crippen LogP contribution >= 0.6 is 0 Å². The van der Waals surface area contributed by atoms with Crippen molar-refractivity contribution in [2.75, 3.05) is 10.0 Å². The van der Waals surface area contributed by atoms with Crippen LogP contribution in [0.4, 0.5) is 24.5 Å². The van der Waals surface area contributed by atoms with Gasteiger partial charge >= 0.3 is 12.1 Å². The lowest BCUT2D eigenvalue weighted by atomic mass is 10.1. The van der Waals surface area contributed by atoms with E-state index in [9.17, 15) is 26.4 Å². The van der Waals surface area contributed by atoms with Crippen molar-refractivity contribution in [3.63, 3.8) is 0 Å². The smallest absolute Gasteiger partial charge is 0.318 e. The number of nitrogens with one attached hydrogen (secondary N) is 2. The van der Waals surface area contributed by atoms with Crippen molar-refractivity contribution in [1.82, 2.24) is 0 Å². The molecule has 0 aromatic heterocycles. The van der Waals surface area contributed by atoms with Gasteiger partial charge in [0.25, 0.3) is 10.0 Å². The van der Waals surface area contributed by atoms with E-state index in [1.54, 1.807) is 17.4 Å². The quantitative estimate of drug-likeness (QED) is 0.497. The van der Waals surface area contributed by atoms with Gasteiger partial charge in [-0.1, -0.05) is 30.3 Å². The minimum atomic E-state index is -5.03. The van der Waals surface area contributed by atoms with E-state index in [1.807, 2.05) is 30.3 Å². The molecular formula is C21H15F3N2O3S. The fraction of sp³-hybridized carbons (Fsp3) is 0.0952. The predicted octanol–water partition coefficient (Wildman–Crippen LogP) is 4.56. The molecule has 1 amide bonds. The number of benzene rings is 3. The molecule has 0 saturated carbocycles. The molecule has 0 heterocycles. The number of sulfonamides is 1. The van der Waals surface area contributed by atoms with E-state index in [1.165, 1.54) is 5.56 Å². The number of carbonyl (C=O) groups is 1. The number of carbonyl (C=O) groups excluding carboxylic acids is 1. The molecule has 9 heteroatoms. The van der Waals surface area contributed by atoms with Crippen LogP contribution in [0.25, 0.3) is 11.1 Å². The Bertz CT molecular complexity index is 1240. The van der Waals surface area contributed by atoms with Crippen molar-refractivity contribution in [1.29, 1.82) is 0 Å². The standard InChI is InChI=1S/C21H15F3N2O3S/c22-21(23,24)20(27)25-15-5-8-17(9-6-15)30(28,29)26-16-7-10-19-14(12-16)11-13-3-1-2-4-18(13)19/h1-10,12,26H,11H2,(H,25,27). The summed E-state index contributed by atoms with van der Waals surface area (Å²) in [6.07, 6.45) is -4.33. The van der Waals surface area contributed by atoms with Gasteiger partial charge in [-0.25, -0.2) is 8.42 Å². The van der Waals surface area contributed by atoms with Crippen LogP contribution in [0.3, 0.4) is 0 Å². The summed E-state index contributed by atoms with van der Waals surface area (Å²) < 4.78 is 64.7. The number of rotatable bonds is 4. The number of anilines is 2. The highest BCUT2D eigenvalue weighted by Gasteiger charge is 2.38. The average Bonchev–Trinajstić information content (AvgIpc) is 3.05. The zero-order chi connectivity index (χ0) is 21.5. The summed E-state index contributed by atoms with van der Waals surface area (Å²) in [4.78, 5) is 10.8. The molecule has 3 aromatic carbocycles. The Hall–Kier alpha value is -3.33. The highest BCUT2D eigenvalue weighted by atomic mass is 32.2. The summed E-state index contributed by atoms with van der Waals surface area (Å²) in [5.74, 6) is -2.13. The van der Waals surface area contributed by atoms with Gasteiger partial charge < -0.3 is 5.32 Å². The van der Waals surface area contributed by atoms with Crippen LogP contribution in [0.2, 0.25) is 0 Å². The SMILES string of the molecule is O=C(Nc1ccc(S(=O)(=O)Nc2ccc3c(c2)Cc2ccccc2-3)cc1)C(F)(F)F. The molecule has 1 aliphatic carbocycles. The number of alkyl halides is 3. The van der Waals surface area contributed by atoms with Crippen LogP contribution in [0, 0.1) is 0 Å². The van der Waals surface area contributed by atoms with Crippen molar-refractivity contribution in [2.24, 2.45) is 0 Å². The van der Waals surface area contributed by atoms with Gasteiger partial charge in [0, 0.05) is 11.4 Å². The van der Waals surface area contributed by atoms with Gasteiger partial charge in [-0.05, 0) is 65.1 Å². The van der Waals surface area contributed by atoms with Crippen molar-refractivity contribution in [2.45, 2.75) is 17.5 Å². The number of hydrogen-bond acceptors (Lipinski definition) is 3. The average molecular weight is 432 g/mol. The molecule has 5 nitrogen and oxygen atoms in total. The maximum absolute atomic E-state index is 12.6. The molecule has 154 valence electrons. The minimum Gasteiger partial charge on any atom is -0.318 e. The second-order valence-corrected chi connectivity index (χ2v) is 8.47. The van der Waals surface area contributed by atoms with Gasteiger partial charge in [0.15, 0.2) is 0 Å². The monoisotopic (exact) mass is 432 g/mol. The fourth-order valence-electron chi connectivity index (χ4n) is 3.34. The summed E-state index contributed by atoms with van der Waals surface area (Å²) in [7, 11) is -3.96. The van der Waals surface area contributed by atoms with Crippen LogP contribution in [0.15, 0.2) is 71.6 Å². The molecular weight excluding hydrogens is 417 g/mol. The van der Waals surface area contributed by atoms with Gasteiger partial charge in [0.05, 0.1) is 4.90 Å². The van der Waals surface area contributed by atoms with Crippen LogP contribution in [0.5, 0.6) is 0 Å². The Balaban J connectivity index is 1.51. The molecule has 0 radical (unpaired) electrons. The molecule has 4 rings (SSSR count). The van der Waals surface area contributed by atoms with Crippen molar-refractivity contribution in [3.05, 3.63) is 77.9 Å². The molecule has 0 spiro atoms. The molecule has 0 saturated heterocycles. The maximum Gasteiger partial charge on any atom is 0.471 e. The normalized spacial score (nSPS) is 12.8. The Morgan fingerprint density at radius 1 is 0.833 bits per heavy atom. The summed E-state index contributed by atoms with van der Waals surface area (Å²) >= 11 is 0. The highest BCUT2D eigenvalue weighted by molar-refractivity contribution is 7.92. The lowest BCUT2D eigenvalue weighted by Gasteiger charge is -2.11. The van der Waals surface area contributed by atoms with E-state index in [-0.39, 0.29) is 10.6 Å². The van der Waals surface area contributed by atoms with E-state index in [2.05, 4.69) is 4.72 Å². The van der Waals surface area contributed by atoms with E-state index >= 15 is 0 Å². The number of halogens is 3. The van der Waals surface area contributed by atoms with Crippen molar-refractivity contribution in [3.8, 4) is 11.1 Å². The maximum atomic E-state index is 12.6. The van der Waals surface area contributed by atoms with E-state index < -0.39 is 22.1 Å². The van der Waals surface area contributed by atoms with Gasteiger partial charge in [0.1, 0.15) is 0 Å². The Labute approximate surface area is 170 Å². The van der Waals surface area contributed by atoms with Gasteiger partial charge in [0.2, 0.25) is 0 Å². The van der Waals surface area contributed by atoms with Crippen molar-refractivity contribution >= 4 is 27.3 Å². The predicted molar refractivity (Wildman–Crippen MR) is 107 cm³/mol. The first kappa shape index (κ1) is 20.0. The third kappa shape index (κ3) is 3.88. The van der Waals surface area contributed by atoms with Crippen LogP contribution in [0.1, 0.15) is 11.1 Å². The Morgan fingerprint density at radius 3 is 2.17 bits per heavy atom. The molecule has 0 fully saturated rings. The fourth-order valence-corrected chi connectivity index (χ4v) is 4.39. The summed E-state index contributed by atoms with van der Waals surface area (Å²) in [6, 6.07) is 17.7. The zero-order valence-corrected chi connectivity index (χ0v) is 16.1. The topological polar surface area (TPSA) is 75.3 Å². The molecule has 0 atom stereocenters. The Kier molecular flexibility index (Phi) is 4.77. The lowest BCUT2D eigenvalue weighted by molar-refractivity contribution is -0.167. The molecule has 30 heavy (non-hydrogen) atoms. The molecule has 2 N–H and O–H groups in total. The Morgan fingerprint density at radius 2 is 1.47 bits per heavy atom. The first-order chi connectivity index (χ1) is 14.1. The molecule has 0 aliphatic heterocycles. The third-order valence-corrected chi connectivity index (χ3v) is 6.12. The first-order valence-corrected chi connectivity index (χ1v) is 10.3. The summed E-state index contributed by atoms with van der Waals surface area (Å²) in [5, 5.41) is 1.67. The number of amides is 1. The summed E-state index contributed by atoms with van der Waals surface area (Å²) in [5.41, 5.74) is 4.57. The molecule has 3 aromatic rings. The second kappa shape index (κ2) is 7.17. The third-order valence-electron chi connectivity index (χ3n) is 4.73. The van der Waals surface area contributed by atoms with E-state index in [4.69, 9.17) is 0 Å². The van der Waals surface area contributed by atoms with Gasteiger partial charge in [-0.15, -0.1) is 0 Å². The van der Waals surface area contributed by atoms with E-state index in [0.29, 0.717) is 12.1 Å². The van der Waals surface area contributed by atoms with Crippen LogP contribution in [-0.4, -0.2) is 20.5 Å². The van der Waals surface area contributed by atoms with Crippen LogP contribution in [-0.2, 0) is 21.2 Å². The molecule has 0 bridgehead atoms. The van der Waals surface area contributed by atoms with Gasteiger partial charge in [-0.2, -0.15) is 13.2 Å².